The second-order valence-electron chi connectivity index (χ2n) is 7.87. The van der Waals surface area contributed by atoms with Gasteiger partial charge in [-0.15, -0.1) is 0 Å². The molecule has 176 valence electrons. The summed E-state index contributed by atoms with van der Waals surface area (Å²) < 4.78 is 11.9. The first-order valence-electron chi connectivity index (χ1n) is 10.7. The molecule has 35 heavy (non-hydrogen) atoms. The van der Waals surface area contributed by atoms with E-state index in [1.807, 2.05) is 53.4 Å². The van der Waals surface area contributed by atoms with Crippen LogP contribution in [0.5, 0.6) is 5.75 Å². The zero-order valence-corrected chi connectivity index (χ0v) is 20.1. The van der Waals surface area contributed by atoms with E-state index in [0.717, 1.165) is 11.4 Å². The summed E-state index contributed by atoms with van der Waals surface area (Å²) >= 11 is 12.1. The second-order valence-corrected chi connectivity index (χ2v) is 8.66. The van der Waals surface area contributed by atoms with Gasteiger partial charge in [0.05, 0.1) is 35.1 Å². The minimum Gasteiger partial charge on any atom is -0.495 e. The van der Waals surface area contributed by atoms with Gasteiger partial charge in [-0.05, 0) is 66.8 Å². The molecule has 2 aromatic heterocycles. The molecule has 1 aliphatic rings. The highest BCUT2D eigenvalue weighted by atomic mass is 35.5. The summed E-state index contributed by atoms with van der Waals surface area (Å²) in [5, 5.41) is 13.7. The van der Waals surface area contributed by atoms with Gasteiger partial charge in [-0.2, -0.15) is 0 Å². The number of anilines is 1. The number of rotatable bonds is 6. The van der Waals surface area contributed by atoms with Gasteiger partial charge < -0.3 is 24.5 Å². The molecule has 3 heterocycles. The molecule has 0 radical (unpaired) electrons. The topological polar surface area (TPSA) is 87.8 Å². The van der Waals surface area contributed by atoms with Crippen molar-refractivity contribution < 1.29 is 19.1 Å². The third kappa shape index (κ3) is 4.22. The van der Waals surface area contributed by atoms with E-state index in [-0.39, 0.29) is 11.6 Å². The predicted molar refractivity (Wildman–Crippen MR) is 137 cm³/mol. The number of nitrogens with one attached hydrogen (secondary N) is 1. The Hall–Kier alpha value is -3.88. The molecule has 2 aromatic carbocycles. The van der Waals surface area contributed by atoms with Crippen LogP contribution in [0.4, 0.5) is 5.69 Å². The summed E-state index contributed by atoms with van der Waals surface area (Å²) in [7, 11) is 1.61. The number of aromatic carboxylic acids is 1. The van der Waals surface area contributed by atoms with Crippen LogP contribution in [-0.4, -0.2) is 28.3 Å². The van der Waals surface area contributed by atoms with Crippen LogP contribution in [-0.2, 0) is 0 Å². The standard InChI is InChI=1S/C26H20ClN3O4S/c1-33-21-8-3-2-7-19(21)30-24(23(29-26(30)35)18-6-4-5-13-28-18)22-12-11-20(34-22)16-14-15(25(31)32)9-10-17(16)27/h2-14,23-24H,1H3,(H,29,35)(H,31,32)/t23-,24+/m0/s1. The fraction of sp³-hybridized carbons (Fsp3) is 0.115. The first kappa shape index (κ1) is 22.9. The van der Waals surface area contributed by atoms with Crippen molar-refractivity contribution in [2.75, 3.05) is 12.0 Å². The first-order valence-corrected chi connectivity index (χ1v) is 11.5. The van der Waals surface area contributed by atoms with Crippen LogP contribution in [0.25, 0.3) is 11.3 Å². The molecule has 0 amide bonds. The van der Waals surface area contributed by atoms with Crippen LogP contribution < -0.4 is 15.0 Å². The predicted octanol–water partition coefficient (Wildman–Crippen LogP) is 5.88. The number of methoxy groups -OCH3 is 1. The van der Waals surface area contributed by atoms with Crippen LogP contribution in [0.15, 0.2) is 83.4 Å². The fourth-order valence-corrected chi connectivity index (χ4v) is 4.79. The maximum Gasteiger partial charge on any atom is 0.335 e. The number of carboxylic acid groups (broad SMARTS) is 1. The molecule has 0 bridgehead atoms. The van der Waals surface area contributed by atoms with Crippen LogP contribution in [0.2, 0.25) is 5.02 Å². The number of nitrogens with zero attached hydrogens (tertiary/aromatic N) is 2. The van der Waals surface area contributed by atoms with Gasteiger partial charge in [0.15, 0.2) is 5.11 Å². The summed E-state index contributed by atoms with van der Waals surface area (Å²) in [5.41, 5.74) is 2.18. The fourth-order valence-electron chi connectivity index (χ4n) is 4.24. The Morgan fingerprint density at radius 2 is 1.94 bits per heavy atom. The smallest absolute Gasteiger partial charge is 0.335 e. The lowest BCUT2D eigenvalue weighted by Gasteiger charge is -2.27. The number of thiocarbonyl (C=S) groups is 1. The second kappa shape index (κ2) is 9.40. The van der Waals surface area contributed by atoms with Crippen molar-refractivity contribution >= 4 is 40.6 Å². The number of carboxylic acids is 1. The van der Waals surface area contributed by atoms with Gasteiger partial charge in [0, 0.05) is 11.8 Å². The van der Waals surface area contributed by atoms with Gasteiger partial charge in [-0.25, -0.2) is 4.79 Å². The Bertz CT molecular complexity index is 1410. The van der Waals surface area contributed by atoms with Crippen LogP contribution in [0.3, 0.4) is 0 Å². The largest absolute Gasteiger partial charge is 0.495 e. The molecule has 1 saturated heterocycles. The summed E-state index contributed by atoms with van der Waals surface area (Å²) in [6, 6.07) is 20.7. The lowest BCUT2D eigenvalue weighted by molar-refractivity contribution is 0.0697. The van der Waals surface area contributed by atoms with Gasteiger partial charge in [-0.1, -0.05) is 29.8 Å². The van der Waals surface area contributed by atoms with Crippen LogP contribution in [0, 0.1) is 0 Å². The molecule has 1 fully saturated rings. The van der Waals surface area contributed by atoms with E-state index in [1.165, 1.54) is 12.1 Å². The van der Waals surface area contributed by atoms with Gasteiger partial charge in [-0.3, -0.25) is 4.98 Å². The van der Waals surface area contributed by atoms with E-state index >= 15 is 0 Å². The van der Waals surface area contributed by atoms with Crippen LogP contribution >= 0.6 is 23.8 Å². The number of pyridine rings is 1. The molecule has 0 unspecified atom stereocenters. The third-order valence-corrected chi connectivity index (χ3v) is 6.48. The average molecular weight is 506 g/mol. The number of aromatic nitrogens is 1. The number of carbonyl (C=O) groups is 1. The van der Waals surface area contributed by atoms with Crippen molar-refractivity contribution in [3.63, 3.8) is 0 Å². The summed E-state index contributed by atoms with van der Waals surface area (Å²) in [4.78, 5) is 18.0. The number of halogens is 1. The van der Waals surface area contributed by atoms with Gasteiger partial charge in [0.1, 0.15) is 23.3 Å². The van der Waals surface area contributed by atoms with E-state index in [2.05, 4.69) is 10.3 Å². The minimum atomic E-state index is -1.04. The molecule has 2 atom stereocenters. The van der Waals surface area contributed by atoms with E-state index in [1.54, 1.807) is 25.4 Å². The molecular formula is C26H20ClN3O4S. The molecule has 4 aromatic rings. The highest BCUT2D eigenvalue weighted by Gasteiger charge is 2.43. The number of hydrogen-bond acceptors (Lipinski definition) is 5. The number of furan rings is 1. The number of benzene rings is 2. The first-order chi connectivity index (χ1) is 17.0. The van der Waals surface area contributed by atoms with E-state index in [4.69, 9.17) is 33.0 Å². The molecule has 0 aliphatic carbocycles. The zero-order valence-electron chi connectivity index (χ0n) is 18.5. The lowest BCUT2D eigenvalue weighted by Crippen LogP contribution is -2.29. The van der Waals surface area contributed by atoms with Gasteiger partial charge in [0.25, 0.3) is 0 Å². The minimum absolute atomic E-state index is 0.119. The van der Waals surface area contributed by atoms with Crippen molar-refractivity contribution in [3.8, 4) is 17.1 Å². The monoisotopic (exact) mass is 505 g/mol. The maximum absolute atomic E-state index is 11.5. The molecule has 1 aliphatic heterocycles. The average Bonchev–Trinajstić information content (AvgIpc) is 3.49. The summed E-state index contributed by atoms with van der Waals surface area (Å²) in [5.74, 6) is 0.668. The normalized spacial score (nSPS) is 17.3. The van der Waals surface area contributed by atoms with Gasteiger partial charge in [0.2, 0.25) is 0 Å². The van der Waals surface area contributed by atoms with E-state index < -0.39 is 12.0 Å². The van der Waals surface area contributed by atoms with Crippen molar-refractivity contribution in [2.24, 2.45) is 0 Å². The molecule has 5 rings (SSSR count). The number of hydrogen-bond donors (Lipinski definition) is 2. The van der Waals surface area contributed by atoms with Crippen molar-refractivity contribution in [1.29, 1.82) is 0 Å². The lowest BCUT2D eigenvalue weighted by atomic mass is 10.0. The Morgan fingerprint density at radius 3 is 2.69 bits per heavy atom. The zero-order chi connectivity index (χ0) is 24.5. The third-order valence-electron chi connectivity index (χ3n) is 5.84. The Balaban J connectivity index is 1.63. The molecule has 2 N–H and O–H groups in total. The Morgan fingerprint density at radius 1 is 1.14 bits per heavy atom. The SMILES string of the molecule is COc1ccccc1N1C(=S)N[C@@H](c2ccccn2)[C@H]1c1ccc(-c2cc(C(=O)O)ccc2Cl)o1. The van der Waals surface area contributed by atoms with Crippen molar-refractivity contribution in [2.45, 2.75) is 12.1 Å². The van der Waals surface area contributed by atoms with Gasteiger partial charge >= 0.3 is 5.97 Å². The Labute approximate surface area is 211 Å². The molecule has 7 nitrogen and oxygen atoms in total. The summed E-state index contributed by atoms with van der Waals surface area (Å²) in [6.07, 6.45) is 1.73. The maximum atomic E-state index is 11.5. The molecule has 9 heteroatoms. The molecular weight excluding hydrogens is 486 g/mol. The number of ether oxygens (including phenoxy) is 1. The molecule has 0 saturated carbocycles. The van der Waals surface area contributed by atoms with E-state index in [0.29, 0.717) is 33.0 Å². The highest BCUT2D eigenvalue weighted by molar-refractivity contribution is 7.80. The van der Waals surface area contributed by atoms with Crippen LogP contribution in [0.1, 0.15) is 33.9 Å². The quantitative estimate of drug-likeness (QED) is 0.314. The summed E-state index contributed by atoms with van der Waals surface area (Å²) in [6.45, 7) is 0. The number of para-hydroxylation sites is 2. The Kier molecular flexibility index (Phi) is 6.15. The van der Waals surface area contributed by atoms with E-state index in [9.17, 15) is 9.90 Å². The highest BCUT2D eigenvalue weighted by Crippen LogP contribution is 2.45. The van der Waals surface area contributed by atoms with Crippen molar-refractivity contribution in [3.05, 3.63) is 101 Å². The van der Waals surface area contributed by atoms with Crippen molar-refractivity contribution in [1.82, 2.24) is 10.3 Å². The molecule has 0 spiro atoms.